The summed E-state index contributed by atoms with van der Waals surface area (Å²) in [6.07, 6.45) is 5.65. The SMILES string of the molecule is CCC1(c2nc(C(OC)C3CC3)no2)CCNCC1. The van der Waals surface area contributed by atoms with E-state index in [2.05, 4.69) is 22.4 Å². The Labute approximate surface area is 114 Å². The first-order chi connectivity index (χ1) is 9.29. The second kappa shape index (κ2) is 5.21. The first-order valence-corrected chi connectivity index (χ1v) is 7.36. The van der Waals surface area contributed by atoms with Gasteiger partial charge in [-0.05, 0) is 51.1 Å². The van der Waals surface area contributed by atoms with Gasteiger partial charge in [0.05, 0.1) is 5.41 Å². The summed E-state index contributed by atoms with van der Waals surface area (Å²) in [5.41, 5.74) is 0.0678. The summed E-state index contributed by atoms with van der Waals surface area (Å²) < 4.78 is 11.1. The van der Waals surface area contributed by atoms with E-state index in [0.29, 0.717) is 5.92 Å². The molecule has 0 bridgehead atoms. The van der Waals surface area contributed by atoms with Crippen LogP contribution in [-0.2, 0) is 10.2 Å². The fourth-order valence-electron chi connectivity index (χ4n) is 3.10. The van der Waals surface area contributed by atoms with Crippen molar-refractivity contribution in [2.24, 2.45) is 5.92 Å². The van der Waals surface area contributed by atoms with Crippen LogP contribution in [0.3, 0.4) is 0 Å². The molecule has 0 aromatic carbocycles. The first kappa shape index (κ1) is 13.1. The zero-order chi connectivity index (χ0) is 13.3. The third-order valence-electron chi connectivity index (χ3n) is 4.69. The van der Waals surface area contributed by atoms with Crippen LogP contribution in [0.5, 0.6) is 0 Å². The molecule has 1 saturated heterocycles. The van der Waals surface area contributed by atoms with Crippen molar-refractivity contribution < 1.29 is 9.26 Å². The standard InChI is InChI=1S/C14H23N3O2/c1-3-14(6-8-15-9-7-14)13-16-12(17-19-13)11(18-2)10-4-5-10/h10-11,15H,3-9H2,1-2H3. The van der Waals surface area contributed by atoms with Crippen LogP contribution < -0.4 is 5.32 Å². The van der Waals surface area contributed by atoms with E-state index in [1.807, 2.05) is 0 Å². The maximum Gasteiger partial charge on any atom is 0.233 e. The zero-order valence-electron chi connectivity index (χ0n) is 11.8. The smallest absolute Gasteiger partial charge is 0.233 e. The van der Waals surface area contributed by atoms with Gasteiger partial charge in [0.1, 0.15) is 6.10 Å². The lowest BCUT2D eigenvalue weighted by molar-refractivity contribution is 0.0751. The summed E-state index contributed by atoms with van der Waals surface area (Å²) in [6, 6.07) is 0. The van der Waals surface area contributed by atoms with Crippen LogP contribution in [0.1, 0.15) is 56.8 Å². The number of nitrogens with zero attached hydrogens (tertiary/aromatic N) is 2. The number of piperidine rings is 1. The second-order valence-corrected chi connectivity index (χ2v) is 5.84. The van der Waals surface area contributed by atoms with Crippen LogP contribution in [0.15, 0.2) is 4.52 Å². The molecule has 1 aliphatic heterocycles. The van der Waals surface area contributed by atoms with Crippen molar-refractivity contribution in [2.75, 3.05) is 20.2 Å². The average Bonchev–Trinajstić information content (AvgIpc) is 3.17. The van der Waals surface area contributed by atoms with E-state index in [1.165, 1.54) is 12.8 Å². The highest BCUT2D eigenvalue weighted by Crippen LogP contribution is 2.43. The third kappa shape index (κ3) is 2.41. The van der Waals surface area contributed by atoms with E-state index in [0.717, 1.165) is 44.1 Å². The molecule has 2 fully saturated rings. The molecule has 5 heteroatoms. The third-order valence-corrected chi connectivity index (χ3v) is 4.69. The normalized spacial score (nSPS) is 24.3. The van der Waals surface area contributed by atoms with Crippen molar-refractivity contribution in [3.8, 4) is 0 Å². The van der Waals surface area contributed by atoms with Crippen LogP contribution in [0.25, 0.3) is 0 Å². The van der Waals surface area contributed by atoms with E-state index >= 15 is 0 Å². The molecule has 0 radical (unpaired) electrons. The molecule has 2 aliphatic rings. The van der Waals surface area contributed by atoms with Crippen LogP contribution in [0.2, 0.25) is 0 Å². The Hall–Kier alpha value is -0.940. The fourth-order valence-corrected chi connectivity index (χ4v) is 3.10. The van der Waals surface area contributed by atoms with Gasteiger partial charge in [0, 0.05) is 7.11 Å². The molecule has 1 aromatic heterocycles. The fraction of sp³-hybridized carbons (Fsp3) is 0.857. The van der Waals surface area contributed by atoms with E-state index in [4.69, 9.17) is 9.26 Å². The highest BCUT2D eigenvalue weighted by Gasteiger charge is 2.40. The van der Waals surface area contributed by atoms with E-state index < -0.39 is 0 Å². The van der Waals surface area contributed by atoms with Crippen LogP contribution in [-0.4, -0.2) is 30.3 Å². The molecule has 3 rings (SSSR count). The van der Waals surface area contributed by atoms with Crippen molar-refractivity contribution in [2.45, 2.75) is 50.5 Å². The molecule has 1 saturated carbocycles. The lowest BCUT2D eigenvalue weighted by Gasteiger charge is -2.33. The molecule has 2 heterocycles. The molecule has 1 aliphatic carbocycles. The Balaban J connectivity index is 1.82. The van der Waals surface area contributed by atoms with Gasteiger partial charge in [0.2, 0.25) is 11.7 Å². The minimum atomic E-state index is 0.0214. The maximum absolute atomic E-state index is 5.59. The quantitative estimate of drug-likeness (QED) is 0.884. The monoisotopic (exact) mass is 265 g/mol. The highest BCUT2D eigenvalue weighted by atomic mass is 16.5. The molecule has 0 spiro atoms. The molecule has 1 N–H and O–H groups in total. The number of methoxy groups -OCH3 is 1. The maximum atomic E-state index is 5.59. The molecule has 0 amide bonds. The van der Waals surface area contributed by atoms with Crippen molar-refractivity contribution >= 4 is 0 Å². The topological polar surface area (TPSA) is 60.2 Å². The van der Waals surface area contributed by atoms with Crippen LogP contribution in [0, 0.1) is 5.92 Å². The van der Waals surface area contributed by atoms with E-state index in [9.17, 15) is 0 Å². The second-order valence-electron chi connectivity index (χ2n) is 5.84. The van der Waals surface area contributed by atoms with Crippen molar-refractivity contribution in [3.05, 3.63) is 11.7 Å². The number of rotatable bonds is 5. The summed E-state index contributed by atoms with van der Waals surface area (Å²) in [7, 11) is 1.74. The summed E-state index contributed by atoms with van der Waals surface area (Å²) in [6.45, 7) is 4.27. The van der Waals surface area contributed by atoms with Gasteiger partial charge in [-0.1, -0.05) is 12.1 Å². The van der Waals surface area contributed by atoms with Gasteiger partial charge in [-0.3, -0.25) is 0 Å². The Kier molecular flexibility index (Phi) is 3.58. The minimum absolute atomic E-state index is 0.0214. The van der Waals surface area contributed by atoms with Crippen molar-refractivity contribution in [1.29, 1.82) is 0 Å². The Morgan fingerprint density at radius 1 is 1.42 bits per heavy atom. The van der Waals surface area contributed by atoms with Gasteiger partial charge < -0.3 is 14.6 Å². The zero-order valence-corrected chi connectivity index (χ0v) is 11.8. The van der Waals surface area contributed by atoms with Gasteiger partial charge >= 0.3 is 0 Å². The summed E-state index contributed by atoms with van der Waals surface area (Å²) in [4.78, 5) is 4.68. The molecule has 1 unspecified atom stereocenters. The molecule has 1 aromatic rings. The highest BCUT2D eigenvalue weighted by molar-refractivity contribution is 5.09. The molecule has 19 heavy (non-hydrogen) atoms. The summed E-state index contributed by atoms with van der Waals surface area (Å²) in [5.74, 6) is 2.14. The average molecular weight is 265 g/mol. The van der Waals surface area contributed by atoms with Crippen molar-refractivity contribution in [1.82, 2.24) is 15.5 Å². The van der Waals surface area contributed by atoms with Gasteiger partial charge in [-0.25, -0.2) is 0 Å². The number of ether oxygens (including phenoxy) is 1. The van der Waals surface area contributed by atoms with Crippen LogP contribution in [0.4, 0.5) is 0 Å². The number of nitrogens with one attached hydrogen (secondary N) is 1. The Morgan fingerprint density at radius 2 is 2.16 bits per heavy atom. The Bertz CT molecular complexity index is 422. The van der Waals surface area contributed by atoms with Crippen molar-refractivity contribution in [3.63, 3.8) is 0 Å². The summed E-state index contributed by atoms with van der Waals surface area (Å²) >= 11 is 0. The predicted octanol–water partition coefficient (Wildman–Crippen LogP) is 2.20. The Morgan fingerprint density at radius 3 is 2.74 bits per heavy atom. The molecule has 5 nitrogen and oxygen atoms in total. The molecular formula is C14H23N3O2. The molecule has 106 valence electrons. The van der Waals surface area contributed by atoms with Crippen LogP contribution >= 0.6 is 0 Å². The number of hydrogen-bond acceptors (Lipinski definition) is 5. The van der Waals surface area contributed by atoms with Gasteiger partial charge in [-0.2, -0.15) is 4.98 Å². The van der Waals surface area contributed by atoms with Gasteiger partial charge in [0.25, 0.3) is 0 Å². The molecular weight excluding hydrogens is 242 g/mol. The van der Waals surface area contributed by atoms with E-state index in [-0.39, 0.29) is 11.5 Å². The summed E-state index contributed by atoms with van der Waals surface area (Å²) in [5, 5.41) is 7.58. The van der Waals surface area contributed by atoms with E-state index in [1.54, 1.807) is 7.11 Å². The van der Waals surface area contributed by atoms with Gasteiger partial charge in [-0.15, -0.1) is 0 Å². The number of hydrogen-bond donors (Lipinski definition) is 1. The largest absolute Gasteiger partial charge is 0.373 e. The van der Waals surface area contributed by atoms with Gasteiger partial charge in [0.15, 0.2) is 0 Å². The predicted molar refractivity (Wildman–Crippen MR) is 70.8 cm³/mol. The minimum Gasteiger partial charge on any atom is -0.373 e. The lowest BCUT2D eigenvalue weighted by Crippen LogP contribution is -2.39. The molecule has 1 atom stereocenters. The lowest BCUT2D eigenvalue weighted by atomic mass is 9.76. The first-order valence-electron chi connectivity index (χ1n) is 7.36. The number of aromatic nitrogens is 2.